The van der Waals surface area contributed by atoms with E-state index in [0.29, 0.717) is 13.2 Å². The van der Waals surface area contributed by atoms with Gasteiger partial charge in [-0.1, -0.05) is 12.1 Å². The summed E-state index contributed by atoms with van der Waals surface area (Å²) in [7, 11) is 0. The lowest BCUT2D eigenvalue weighted by Crippen LogP contribution is -2.23. The molecule has 5 heteroatoms. The average molecular weight is 293 g/mol. The van der Waals surface area contributed by atoms with Crippen LogP contribution in [0.3, 0.4) is 0 Å². The van der Waals surface area contributed by atoms with Crippen molar-refractivity contribution in [2.24, 2.45) is 0 Å². The van der Waals surface area contributed by atoms with Gasteiger partial charge in [0.2, 0.25) is 5.91 Å². The van der Waals surface area contributed by atoms with Crippen molar-refractivity contribution in [2.75, 3.05) is 6.61 Å². The molecule has 1 N–H and O–H groups in total. The molecule has 0 unspecified atom stereocenters. The second kappa shape index (κ2) is 9.00. The lowest BCUT2D eigenvalue weighted by Gasteiger charge is -2.10. The number of carbonyl (C=O) groups excluding carboxylic acids is 2. The molecule has 0 fully saturated rings. The van der Waals surface area contributed by atoms with Gasteiger partial charge in [-0.3, -0.25) is 9.59 Å². The monoisotopic (exact) mass is 293 g/mol. The van der Waals surface area contributed by atoms with E-state index in [1.165, 1.54) is 0 Å². The molecule has 0 radical (unpaired) electrons. The summed E-state index contributed by atoms with van der Waals surface area (Å²) < 4.78 is 10.3. The summed E-state index contributed by atoms with van der Waals surface area (Å²) in [6.45, 7) is 6.45. The molecule has 0 saturated heterocycles. The molecule has 0 atom stereocenters. The Morgan fingerprint density at radius 2 is 1.81 bits per heavy atom. The summed E-state index contributed by atoms with van der Waals surface area (Å²) in [6, 6.07) is 7.56. The van der Waals surface area contributed by atoms with Crippen LogP contribution in [0.15, 0.2) is 24.3 Å². The van der Waals surface area contributed by atoms with E-state index in [4.69, 9.17) is 9.47 Å². The van der Waals surface area contributed by atoms with Gasteiger partial charge in [-0.2, -0.15) is 0 Å². The lowest BCUT2D eigenvalue weighted by molar-refractivity contribution is -0.144. The molecule has 0 aliphatic carbocycles. The van der Waals surface area contributed by atoms with Crippen molar-refractivity contribution in [3.05, 3.63) is 29.8 Å². The molecule has 1 rings (SSSR count). The SMILES string of the molecule is CCOC(=O)CCC(=O)NCc1ccc(OC(C)C)cc1. The summed E-state index contributed by atoms with van der Waals surface area (Å²) in [4.78, 5) is 22.7. The fourth-order valence-electron chi connectivity index (χ4n) is 1.70. The van der Waals surface area contributed by atoms with Crippen LogP contribution in [0.5, 0.6) is 5.75 Å². The van der Waals surface area contributed by atoms with Gasteiger partial charge in [0.15, 0.2) is 0 Å². The maximum atomic E-state index is 11.6. The number of nitrogens with one attached hydrogen (secondary N) is 1. The van der Waals surface area contributed by atoms with Crippen LogP contribution in [-0.4, -0.2) is 24.6 Å². The summed E-state index contributed by atoms with van der Waals surface area (Å²) >= 11 is 0. The largest absolute Gasteiger partial charge is 0.491 e. The van der Waals surface area contributed by atoms with Gasteiger partial charge in [0.1, 0.15) is 5.75 Å². The fraction of sp³-hybridized carbons (Fsp3) is 0.500. The van der Waals surface area contributed by atoms with E-state index in [9.17, 15) is 9.59 Å². The molecule has 116 valence electrons. The molecular weight excluding hydrogens is 270 g/mol. The second-order valence-corrected chi connectivity index (χ2v) is 4.89. The number of esters is 1. The minimum absolute atomic E-state index is 0.112. The average Bonchev–Trinajstić information content (AvgIpc) is 2.44. The van der Waals surface area contributed by atoms with Crippen LogP contribution in [0.2, 0.25) is 0 Å². The Hall–Kier alpha value is -2.04. The lowest BCUT2D eigenvalue weighted by atomic mass is 10.2. The first-order chi connectivity index (χ1) is 10.0. The van der Waals surface area contributed by atoms with Crippen LogP contribution < -0.4 is 10.1 Å². The van der Waals surface area contributed by atoms with Crippen molar-refractivity contribution in [3.8, 4) is 5.75 Å². The van der Waals surface area contributed by atoms with Gasteiger partial charge in [0.25, 0.3) is 0 Å². The molecule has 21 heavy (non-hydrogen) atoms. The van der Waals surface area contributed by atoms with Crippen LogP contribution in [0.4, 0.5) is 0 Å². The Kier molecular flexibility index (Phi) is 7.29. The number of rotatable bonds is 8. The third-order valence-corrected chi connectivity index (χ3v) is 2.65. The molecule has 1 aromatic carbocycles. The highest BCUT2D eigenvalue weighted by molar-refractivity contribution is 5.81. The quantitative estimate of drug-likeness (QED) is 0.748. The van der Waals surface area contributed by atoms with Crippen LogP contribution in [0.25, 0.3) is 0 Å². The fourth-order valence-corrected chi connectivity index (χ4v) is 1.70. The molecule has 0 aromatic heterocycles. The van der Waals surface area contributed by atoms with Crippen LogP contribution in [-0.2, 0) is 20.9 Å². The molecular formula is C16H23NO4. The van der Waals surface area contributed by atoms with Crippen LogP contribution in [0, 0.1) is 0 Å². The predicted octanol–water partition coefficient (Wildman–Crippen LogP) is 2.43. The van der Waals surface area contributed by atoms with E-state index in [1.807, 2.05) is 38.1 Å². The van der Waals surface area contributed by atoms with Crippen LogP contribution >= 0.6 is 0 Å². The van der Waals surface area contributed by atoms with Gasteiger partial charge < -0.3 is 14.8 Å². The zero-order valence-electron chi connectivity index (χ0n) is 12.8. The van der Waals surface area contributed by atoms with Crippen molar-refractivity contribution < 1.29 is 19.1 Å². The van der Waals surface area contributed by atoms with E-state index >= 15 is 0 Å². The summed E-state index contributed by atoms with van der Waals surface area (Å²) in [5.74, 6) is 0.302. The van der Waals surface area contributed by atoms with Gasteiger partial charge in [0.05, 0.1) is 19.1 Å². The van der Waals surface area contributed by atoms with E-state index in [0.717, 1.165) is 11.3 Å². The first-order valence-electron chi connectivity index (χ1n) is 7.19. The van der Waals surface area contributed by atoms with Crippen molar-refractivity contribution in [2.45, 2.75) is 46.3 Å². The third kappa shape index (κ3) is 7.34. The molecule has 0 spiro atoms. The van der Waals surface area contributed by atoms with Crippen molar-refractivity contribution >= 4 is 11.9 Å². The molecule has 0 bridgehead atoms. The summed E-state index contributed by atoms with van der Waals surface area (Å²) in [6.07, 6.45) is 0.396. The molecule has 0 heterocycles. The molecule has 0 saturated carbocycles. The van der Waals surface area contributed by atoms with Crippen LogP contribution in [0.1, 0.15) is 39.2 Å². The number of amides is 1. The Morgan fingerprint density at radius 1 is 1.14 bits per heavy atom. The Bertz CT molecular complexity index is 454. The smallest absolute Gasteiger partial charge is 0.306 e. The second-order valence-electron chi connectivity index (χ2n) is 4.89. The highest BCUT2D eigenvalue weighted by atomic mass is 16.5. The molecule has 5 nitrogen and oxygen atoms in total. The standard InChI is InChI=1S/C16H23NO4/c1-4-20-16(19)10-9-15(18)17-11-13-5-7-14(8-6-13)21-12(2)3/h5-8,12H,4,9-11H2,1-3H3,(H,17,18). The highest BCUT2D eigenvalue weighted by Gasteiger charge is 2.07. The van der Waals surface area contributed by atoms with Gasteiger partial charge in [-0.15, -0.1) is 0 Å². The number of benzene rings is 1. The number of hydrogen-bond acceptors (Lipinski definition) is 4. The number of ether oxygens (including phenoxy) is 2. The Morgan fingerprint density at radius 3 is 2.38 bits per heavy atom. The van der Waals surface area contributed by atoms with Gasteiger partial charge in [0, 0.05) is 13.0 Å². The van der Waals surface area contributed by atoms with Gasteiger partial charge in [-0.05, 0) is 38.5 Å². The van der Waals surface area contributed by atoms with E-state index in [1.54, 1.807) is 6.92 Å². The maximum Gasteiger partial charge on any atom is 0.306 e. The Labute approximate surface area is 125 Å². The normalized spacial score (nSPS) is 10.3. The molecule has 0 aliphatic heterocycles. The minimum Gasteiger partial charge on any atom is -0.491 e. The molecule has 0 aliphatic rings. The first-order valence-corrected chi connectivity index (χ1v) is 7.19. The maximum absolute atomic E-state index is 11.6. The first kappa shape index (κ1) is 17.0. The summed E-state index contributed by atoms with van der Waals surface area (Å²) in [5, 5.41) is 2.77. The highest BCUT2D eigenvalue weighted by Crippen LogP contribution is 2.13. The Balaban J connectivity index is 2.31. The van der Waals surface area contributed by atoms with E-state index in [-0.39, 0.29) is 30.8 Å². The van der Waals surface area contributed by atoms with E-state index < -0.39 is 0 Å². The molecule has 1 amide bonds. The van der Waals surface area contributed by atoms with Crippen molar-refractivity contribution in [3.63, 3.8) is 0 Å². The predicted molar refractivity (Wildman–Crippen MR) is 79.9 cm³/mol. The topological polar surface area (TPSA) is 64.6 Å². The zero-order valence-corrected chi connectivity index (χ0v) is 12.8. The number of carbonyl (C=O) groups is 2. The summed E-state index contributed by atoms with van der Waals surface area (Å²) in [5.41, 5.74) is 0.982. The van der Waals surface area contributed by atoms with Gasteiger partial charge >= 0.3 is 5.97 Å². The zero-order chi connectivity index (χ0) is 15.7. The van der Waals surface area contributed by atoms with Crippen molar-refractivity contribution in [1.82, 2.24) is 5.32 Å². The molecule has 1 aromatic rings. The van der Waals surface area contributed by atoms with Gasteiger partial charge in [-0.25, -0.2) is 0 Å². The number of hydrogen-bond donors (Lipinski definition) is 1. The minimum atomic E-state index is -0.345. The van der Waals surface area contributed by atoms with Crippen molar-refractivity contribution in [1.29, 1.82) is 0 Å². The third-order valence-electron chi connectivity index (χ3n) is 2.65. The van der Waals surface area contributed by atoms with E-state index in [2.05, 4.69) is 5.32 Å².